The van der Waals surface area contributed by atoms with E-state index in [1.165, 1.54) is 23.8 Å². The quantitative estimate of drug-likeness (QED) is 0.394. The van der Waals surface area contributed by atoms with E-state index < -0.39 is 5.82 Å². The molecule has 3 atom stereocenters. The van der Waals surface area contributed by atoms with E-state index in [-0.39, 0.29) is 28.4 Å². The van der Waals surface area contributed by atoms with Crippen LogP contribution in [0.15, 0.2) is 42.5 Å². The average molecular weight is 565 g/mol. The summed E-state index contributed by atoms with van der Waals surface area (Å²) in [6, 6.07) is 14.4. The van der Waals surface area contributed by atoms with Crippen molar-refractivity contribution < 1.29 is 14.0 Å². The molecule has 1 aliphatic heterocycles. The molecule has 3 amide bonds. The number of halogens is 2. The van der Waals surface area contributed by atoms with Crippen molar-refractivity contribution in [3.63, 3.8) is 0 Å². The molecule has 2 aliphatic carbocycles. The molecule has 0 aromatic heterocycles. The van der Waals surface area contributed by atoms with Crippen molar-refractivity contribution in [2.45, 2.75) is 70.3 Å². The van der Waals surface area contributed by atoms with Gasteiger partial charge in [-0.1, -0.05) is 37.6 Å². The highest BCUT2D eigenvalue weighted by atomic mass is 35.5. The number of urea groups is 1. The number of nitrogens with one attached hydrogen (secondary N) is 1. The van der Waals surface area contributed by atoms with Crippen LogP contribution in [0.4, 0.5) is 14.9 Å². The number of likely N-dealkylation sites (tertiary alicyclic amines) is 1. The lowest BCUT2D eigenvalue weighted by molar-refractivity contribution is -0.133. The summed E-state index contributed by atoms with van der Waals surface area (Å²) >= 11 is 5.98. The van der Waals surface area contributed by atoms with Crippen molar-refractivity contribution in [2.75, 3.05) is 25.0 Å². The van der Waals surface area contributed by atoms with Crippen molar-refractivity contribution in [2.24, 2.45) is 17.8 Å². The Bertz CT molecular complexity index is 1300. The van der Waals surface area contributed by atoms with Crippen molar-refractivity contribution in [3.05, 3.63) is 64.4 Å². The highest BCUT2D eigenvalue weighted by Gasteiger charge is 2.58. The van der Waals surface area contributed by atoms with Crippen molar-refractivity contribution in [3.8, 4) is 6.07 Å². The molecule has 0 spiro atoms. The number of rotatable bonds is 7. The first kappa shape index (κ1) is 28.4. The zero-order chi connectivity index (χ0) is 28.4. The summed E-state index contributed by atoms with van der Waals surface area (Å²) in [5.74, 6) is 0.824. The Hall–Kier alpha value is -3.11. The third-order valence-corrected chi connectivity index (χ3v) is 9.45. The molecule has 0 bridgehead atoms. The number of fused-ring (bicyclic) bond motifs is 1. The highest BCUT2D eigenvalue weighted by Crippen LogP contribution is 2.63. The molecule has 6 nitrogen and oxygen atoms in total. The lowest BCUT2D eigenvalue weighted by Gasteiger charge is -2.40. The van der Waals surface area contributed by atoms with Gasteiger partial charge in [-0.2, -0.15) is 5.26 Å². The van der Waals surface area contributed by atoms with Crippen molar-refractivity contribution in [1.82, 2.24) is 9.80 Å². The fourth-order valence-electron chi connectivity index (χ4n) is 6.83. The average Bonchev–Trinajstić information content (AvgIpc) is 3.69. The van der Waals surface area contributed by atoms with Gasteiger partial charge in [-0.25, -0.2) is 9.18 Å². The van der Waals surface area contributed by atoms with Crippen LogP contribution in [0.3, 0.4) is 0 Å². The molecule has 1 saturated heterocycles. The zero-order valence-electron chi connectivity index (χ0n) is 23.3. The van der Waals surface area contributed by atoms with Crippen LogP contribution < -0.4 is 5.32 Å². The molecule has 3 fully saturated rings. The van der Waals surface area contributed by atoms with Gasteiger partial charge >= 0.3 is 6.03 Å². The molecule has 2 aromatic rings. The molecule has 1 heterocycles. The van der Waals surface area contributed by atoms with Gasteiger partial charge in [-0.3, -0.25) is 4.79 Å². The Labute approximate surface area is 241 Å². The van der Waals surface area contributed by atoms with Crippen molar-refractivity contribution >= 4 is 29.2 Å². The van der Waals surface area contributed by atoms with Crippen LogP contribution in [0, 0.1) is 34.9 Å². The number of carbonyl (C=O) groups is 2. The summed E-state index contributed by atoms with van der Waals surface area (Å²) < 4.78 is 13.7. The normalized spacial score (nSPS) is 24.2. The number of piperidine rings is 1. The number of benzene rings is 2. The van der Waals surface area contributed by atoms with E-state index in [0.29, 0.717) is 42.0 Å². The monoisotopic (exact) mass is 564 g/mol. The number of hydrogen-bond donors (Lipinski definition) is 1. The lowest BCUT2D eigenvalue weighted by Crippen LogP contribution is -2.49. The van der Waals surface area contributed by atoms with Crippen LogP contribution in [-0.4, -0.2) is 47.4 Å². The summed E-state index contributed by atoms with van der Waals surface area (Å²) in [5.41, 5.74) is 2.51. The summed E-state index contributed by atoms with van der Waals surface area (Å²) in [5, 5.41) is 12.3. The molecule has 40 heavy (non-hydrogen) atoms. The smallest absolute Gasteiger partial charge is 0.322 e. The van der Waals surface area contributed by atoms with Crippen molar-refractivity contribution in [1.29, 1.82) is 5.26 Å². The Kier molecular flexibility index (Phi) is 8.37. The number of hydrogen-bond acceptors (Lipinski definition) is 3. The maximum absolute atomic E-state index is 13.7. The van der Waals surface area contributed by atoms with Gasteiger partial charge < -0.3 is 15.1 Å². The first-order chi connectivity index (χ1) is 19.2. The SMILES string of the molecule is CC(C)CC(=O)N1CCC(CN(C(=O)Nc2ccc(F)c(Cl)c2)C2CC[C@]3(c4cccc(C#N)c4)C[C@@H]3C2)CC1. The Balaban J connectivity index is 1.28. The minimum Gasteiger partial charge on any atom is -0.343 e. The molecule has 2 aromatic carbocycles. The summed E-state index contributed by atoms with van der Waals surface area (Å²) in [4.78, 5) is 30.2. The van der Waals surface area contributed by atoms with Crippen LogP contribution in [0.1, 0.15) is 69.9 Å². The van der Waals surface area contributed by atoms with E-state index in [0.717, 1.165) is 51.6 Å². The zero-order valence-corrected chi connectivity index (χ0v) is 24.1. The highest BCUT2D eigenvalue weighted by molar-refractivity contribution is 6.31. The van der Waals surface area contributed by atoms with Gasteiger partial charge in [0, 0.05) is 37.8 Å². The van der Waals surface area contributed by atoms with Gasteiger partial charge in [0.2, 0.25) is 5.91 Å². The molecule has 3 aliphatic rings. The number of amides is 3. The molecule has 1 unspecified atom stereocenters. The van der Waals surface area contributed by atoms with Gasteiger partial charge in [0.15, 0.2) is 0 Å². The molecule has 0 radical (unpaired) electrons. The third-order valence-electron chi connectivity index (χ3n) is 9.16. The standard InChI is InChI=1S/C32H38ClFN4O2/c1-21(2)14-30(39)37-12-9-22(10-13-37)20-38(31(40)36-26-6-7-29(34)28(33)17-26)27-8-11-32(18-25(32)16-27)24-5-3-4-23(15-24)19-35/h3-7,15,17,21-22,25,27H,8-14,16,18,20H2,1-2H3,(H,36,40)/t25-,27?,32+/m0/s1. The second-order valence-electron chi connectivity index (χ2n) is 12.3. The Morgan fingerprint density at radius 1 is 1.20 bits per heavy atom. The molecule has 5 rings (SSSR count). The minimum absolute atomic E-state index is 0.0252. The van der Waals surface area contributed by atoms with Crippen LogP contribution >= 0.6 is 11.6 Å². The fourth-order valence-corrected chi connectivity index (χ4v) is 7.01. The van der Waals surface area contributed by atoms with E-state index in [2.05, 4.69) is 31.3 Å². The summed E-state index contributed by atoms with van der Waals surface area (Å²) in [6.07, 6.45) is 6.18. The Morgan fingerprint density at radius 2 is 1.98 bits per heavy atom. The van der Waals surface area contributed by atoms with Crippen LogP contribution in [0.25, 0.3) is 0 Å². The maximum Gasteiger partial charge on any atom is 0.322 e. The minimum atomic E-state index is -0.520. The molecule has 2 saturated carbocycles. The van der Waals surface area contributed by atoms with Gasteiger partial charge in [-0.15, -0.1) is 0 Å². The van der Waals surface area contributed by atoms with Crippen LogP contribution in [-0.2, 0) is 10.2 Å². The number of nitriles is 1. The number of anilines is 1. The largest absolute Gasteiger partial charge is 0.343 e. The summed E-state index contributed by atoms with van der Waals surface area (Å²) in [6.45, 7) is 6.21. The van der Waals surface area contributed by atoms with Gasteiger partial charge in [-0.05, 0) is 97.6 Å². The van der Waals surface area contributed by atoms with E-state index >= 15 is 0 Å². The predicted molar refractivity (Wildman–Crippen MR) is 154 cm³/mol. The van der Waals surface area contributed by atoms with E-state index in [1.54, 1.807) is 0 Å². The number of carbonyl (C=O) groups excluding carboxylic acids is 2. The second kappa shape index (κ2) is 11.8. The summed E-state index contributed by atoms with van der Waals surface area (Å²) in [7, 11) is 0. The van der Waals surface area contributed by atoms with Gasteiger partial charge in [0.25, 0.3) is 0 Å². The lowest BCUT2D eigenvalue weighted by atomic mass is 9.79. The first-order valence-corrected chi connectivity index (χ1v) is 14.9. The molecule has 8 heteroatoms. The van der Waals surface area contributed by atoms with Crippen LogP contribution in [0.2, 0.25) is 5.02 Å². The topological polar surface area (TPSA) is 76.4 Å². The first-order valence-electron chi connectivity index (χ1n) is 14.5. The fraction of sp³-hybridized carbons (Fsp3) is 0.531. The van der Waals surface area contributed by atoms with Gasteiger partial charge in [0.1, 0.15) is 5.82 Å². The van der Waals surface area contributed by atoms with E-state index in [4.69, 9.17) is 11.6 Å². The molecular weight excluding hydrogens is 527 g/mol. The predicted octanol–water partition coefficient (Wildman–Crippen LogP) is 6.98. The maximum atomic E-state index is 13.7. The van der Waals surface area contributed by atoms with E-state index in [9.17, 15) is 19.2 Å². The third kappa shape index (κ3) is 6.12. The molecule has 212 valence electrons. The van der Waals surface area contributed by atoms with E-state index in [1.807, 2.05) is 28.0 Å². The van der Waals surface area contributed by atoms with Crippen LogP contribution in [0.5, 0.6) is 0 Å². The molecular formula is C32H38ClFN4O2. The number of nitrogens with zero attached hydrogens (tertiary/aromatic N) is 3. The molecule has 1 N–H and O–H groups in total. The Morgan fingerprint density at radius 3 is 2.65 bits per heavy atom. The second-order valence-corrected chi connectivity index (χ2v) is 12.7. The van der Waals surface area contributed by atoms with Gasteiger partial charge in [0.05, 0.1) is 16.7 Å².